The second-order valence-corrected chi connectivity index (χ2v) is 7.55. The molecule has 3 nitrogen and oxygen atoms in total. The summed E-state index contributed by atoms with van der Waals surface area (Å²) in [5.74, 6) is 0.516. The summed E-state index contributed by atoms with van der Waals surface area (Å²) >= 11 is 0. The molecule has 2 saturated heterocycles. The van der Waals surface area contributed by atoms with Crippen LogP contribution in [-0.2, 0) is 0 Å². The number of nitrogens with zero attached hydrogens (tertiary/aromatic N) is 2. The highest BCUT2D eigenvalue weighted by Crippen LogP contribution is 2.38. The monoisotopic (exact) mass is 318 g/mol. The predicted octanol–water partition coefficient (Wildman–Crippen LogP) is 2.81. The Morgan fingerprint density at radius 3 is 2.61 bits per heavy atom. The van der Waals surface area contributed by atoms with Gasteiger partial charge in [-0.1, -0.05) is 12.1 Å². The molecule has 126 valence electrons. The summed E-state index contributed by atoms with van der Waals surface area (Å²) in [7, 11) is 0. The van der Waals surface area contributed by atoms with Gasteiger partial charge in [-0.15, -0.1) is 0 Å². The van der Waals surface area contributed by atoms with Crippen molar-refractivity contribution in [2.75, 3.05) is 26.2 Å². The maximum atomic E-state index is 13.0. The van der Waals surface area contributed by atoms with Gasteiger partial charge in [-0.05, 0) is 68.8 Å². The Kier molecular flexibility index (Phi) is 4.39. The van der Waals surface area contributed by atoms with E-state index in [1.54, 1.807) is 12.1 Å². The van der Waals surface area contributed by atoms with Gasteiger partial charge in [0.25, 0.3) is 0 Å². The Morgan fingerprint density at radius 2 is 1.87 bits per heavy atom. The van der Waals surface area contributed by atoms with E-state index in [0.717, 1.165) is 36.7 Å². The lowest BCUT2D eigenvalue weighted by Gasteiger charge is -2.48. The SMILES string of the molecule is OC(CN1CCC2C(CCCN2C2CC2)C1)c1ccc(F)cc1. The Hall–Kier alpha value is -0.970. The summed E-state index contributed by atoms with van der Waals surface area (Å²) in [6.07, 6.45) is 6.17. The highest BCUT2D eigenvalue weighted by molar-refractivity contribution is 5.18. The lowest BCUT2D eigenvalue weighted by Crippen LogP contribution is -2.55. The Bertz CT molecular complexity index is 531. The molecule has 1 aromatic rings. The number of fused-ring (bicyclic) bond motifs is 1. The van der Waals surface area contributed by atoms with Gasteiger partial charge in [-0.3, -0.25) is 4.90 Å². The molecule has 1 saturated carbocycles. The fraction of sp³-hybridized carbons (Fsp3) is 0.684. The molecule has 0 radical (unpaired) electrons. The Labute approximate surface area is 138 Å². The summed E-state index contributed by atoms with van der Waals surface area (Å²) in [4.78, 5) is 5.19. The fourth-order valence-electron chi connectivity index (χ4n) is 4.58. The molecular weight excluding hydrogens is 291 g/mol. The van der Waals surface area contributed by atoms with Gasteiger partial charge in [0.05, 0.1) is 6.10 Å². The molecule has 0 aromatic heterocycles. The van der Waals surface area contributed by atoms with E-state index in [1.165, 1.54) is 50.8 Å². The predicted molar refractivity (Wildman–Crippen MR) is 88.7 cm³/mol. The highest BCUT2D eigenvalue weighted by Gasteiger charge is 2.42. The van der Waals surface area contributed by atoms with Crippen LogP contribution in [0.4, 0.5) is 4.39 Å². The van der Waals surface area contributed by atoms with Crippen LogP contribution in [0.15, 0.2) is 24.3 Å². The molecule has 4 heteroatoms. The molecule has 1 aromatic carbocycles. The molecule has 2 aliphatic heterocycles. The van der Waals surface area contributed by atoms with E-state index in [4.69, 9.17) is 0 Å². The quantitative estimate of drug-likeness (QED) is 0.925. The lowest BCUT2D eigenvalue weighted by atomic mass is 9.83. The second-order valence-electron chi connectivity index (χ2n) is 7.55. The van der Waals surface area contributed by atoms with E-state index in [2.05, 4.69) is 9.80 Å². The van der Waals surface area contributed by atoms with Crippen LogP contribution in [0.2, 0.25) is 0 Å². The molecule has 3 atom stereocenters. The van der Waals surface area contributed by atoms with Crippen molar-refractivity contribution in [1.29, 1.82) is 0 Å². The van der Waals surface area contributed by atoms with E-state index in [-0.39, 0.29) is 5.82 Å². The Balaban J connectivity index is 1.35. The van der Waals surface area contributed by atoms with Gasteiger partial charge in [0.1, 0.15) is 5.82 Å². The van der Waals surface area contributed by atoms with Crippen molar-refractivity contribution in [3.05, 3.63) is 35.6 Å². The molecule has 0 spiro atoms. The summed E-state index contributed by atoms with van der Waals surface area (Å²) < 4.78 is 13.0. The minimum atomic E-state index is -0.518. The largest absolute Gasteiger partial charge is 0.387 e. The van der Waals surface area contributed by atoms with Crippen LogP contribution >= 0.6 is 0 Å². The molecular formula is C19H27FN2O. The van der Waals surface area contributed by atoms with Gasteiger partial charge in [0.15, 0.2) is 0 Å². The first-order valence-corrected chi connectivity index (χ1v) is 9.12. The first-order chi connectivity index (χ1) is 11.2. The third kappa shape index (κ3) is 3.44. The molecule has 1 aliphatic carbocycles. The standard InChI is InChI=1S/C19H27FN2O/c20-16-5-3-14(4-6-16)19(23)13-21-11-9-18-15(12-21)2-1-10-22(18)17-7-8-17/h3-6,15,17-19,23H,1-2,7-13H2. The van der Waals surface area contributed by atoms with Crippen LogP contribution in [-0.4, -0.2) is 53.2 Å². The smallest absolute Gasteiger partial charge is 0.123 e. The van der Waals surface area contributed by atoms with Crippen molar-refractivity contribution < 1.29 is 9.50 Å². The van der Waals surface area contributed by atoms with Gasteiger partial charge in [-0.2, -0.15) is 0 Å². The molecule has 3 unspecified atom stereocenters. The number of piperidine rings is 2. The normalized spacial score (nSPS) is 30.9. The van der Waals surface area contributed by atoms with Gasteiger partial charge >= 0.3 is 0 Å². The van der Waals surface area contributed by atoms with Crippen LogP contribution in [0.25, 0.3) is 0 Å². The molecule has 2 heterocycles. The number of β-amino-alcohol motifs (C(OH)–C–C–N with tert-alkyl or cyclic N) is 1. The van der Waals surface area contributed by atoms with Crippen LogP contribution in [0.1, 0.15) is 43.8 Å². The van der Waals surface area contributed by atoms with Gasteiger partial charge in [-0.25, -0.2) is 4.39 Å². The van der Waals surface area contributed by atoms with Gasteiger partial charge in [0, 0.05) is 25.2 Å². The molecule has 3 aliphatic rings. The van der Waals surface area contributed by atoms with E-state index in [0.29, 0.717) is 6.54 Å². The van der Waals surface area contributed by atoms with Crippen LogP contribution in [0, 0.1) is 11.7 Å². The minimum absolute atomic E-state index is 0.246. The van der Waals surface area contributed by atoms with Crippen molar-refractivity contribution in [2.24, 2.45) is 5.92 Å². The number of benzene rings is 1. The number of hydrogen-bond acceptors (Lipinski definition) is 3. The van der Waals surface area contributed by atoms with Gasteiger partial charge in [0.2, 0.25) is 0 Å². The first-order valence-electron chi connectivity index (χ1n) is 9.12. The molecule has 1 N–H and O–H groups in total. The summed E-state index contributed by atoms with van der Waals surface area (Å²) in [5, 5.41) is 10.4. The zero-order chi connectivity index (χ0) is 15.8. The van der Waals surface area contributed by atoms with Crippen molar-refractivity contribution in [3.8, 4) is 0 Å². The molecule has 23 heavy (non-hydrogen) atoms. The zero-order valence-corrected chi connectivity index (χ0v) is 13.7. The lowest BCUT2D eigenvalue weighted by molar-refractivity contribution is 0.00230. The third-order valence-corrected chi connectivity index (χ3v) is 5.90. The molecule has 0 bridgehead atoms. The summed E-state index contributed by atoms with van der Waals surface area (Å²) in [5.41, 5.74) is 0.816. The van der Waals surface area contributed by atoms with E-state index in [1.807, 2.05) is 0 Å². The van der Waals surface area contributed by atoms with E-state index in [9.17, 15) is 9.50 Å². The maximum absolute atomic E-state index is 13.0. The maximum Gasteiger partial charge on any atom is 0.123 e. The van der Waals surface area contributed by atoms with Crippen LogP contribution < -0.4 is 0 Å². The average molecular weight is 318 g/mol. The average Bonchev–Trinajstić information content (AvgIpc) is 3.39. The van der Waals surface area contributed by atoms with Crippen LogP contribution in [0.3, 0.4) is 0 Å². The summed E-state index contributed by atoms with van der Waals surface area (Å²) in [6, 6.07) is 7.90. The molecule has 3 fully saturated rings. The molecule has 4 rings (SSSR count). The van der Waals surface area contributed by atoms with E-state index >= 15 is 0 Å². The molecule has 0 amide bonds. The zero-order valence-electron chi connectivity index (χ0n) is 13.7. The topological polar surface area (TPSA) is 26.7 Å². The number of aliphatic hydroxyl groups excluding tert-OH is 1. The highest BCUT2D eigenvalue weighted by atomic mass is 19.1. The number of aliphatic hydroxyl groups is 1. The number of halogens is 1. The van der Waals surface area contributed by atoms with Crippen LogP contribution in [0.5, 0.6) is 0 Å². The van der Waals surface area contributed by atoms with Crippen molar-refractivity contribution in [3.63, 3.8) is 0 Å². The fourth-order valence-corrected chi connectivity index (χ4v) is 4.58. The first kappa shape index (κ1) is 15.6. The number of rotatable bonds is 4. The van der Waals surface area contributed by atoms with Crippen molar-refractivity contribution in [1.82, 2.24) is 9.80 Å². The van der Waals surface area contributed by atoms with Gasteiger partial charge < -0.3 is 10.0 Å². The minimum Gasteiger partial charge on any atom is -0.387 e. The third-order valence-electron chi connectivity index (χ3n) is 5.90. The summed E-state index contributed by atoms with van der Waals surface area (Å²) in [6.45, 7) is 4.14. The van der Waals surface area contributed by atoms with Crippen molar-refractivity contribution in [2.45, 2.75) is 50.3 Å². The van der Waals surface area contributed by atoms with Crippen molar-refractivity contribution >= 4 is 0 Å². The number of likely N-dealkylation sites (tertiary alicyclic amines) is 2. The second kappa shape index (κ2) is 6.50. The van der Waals surface area contributed by atoms with E-state index < -0.39 is 6.10 Å². The number of hydrogen-bond donors (Lipinski definition) is 1. The Morgan fingerprint density at radius 1 is 1.09 bits per heavy atom.